The first-order valence-electron chi connectivity index (χ1n) is 42.4. The second-order valence-electron chi connectivity index (χ2n) is 31.8. The molecule has 15 N–H and O–H groups in total. The molecule has 6 amide bonds. The van der Waals surface area contributed by atoms with Crippen LogP contribution in [0.15, 0.2) is 225 Å². The number of aromatic nitrogens is 10. The van der Waals surface area contributed by atoms with Gasteiger partial charge in [-0.2, -0.15) is 0 Å². The number of ether oxygens (including phenoxy) is 1. The minimum Gasteiger partial charge on any atom is -0.444 e. The maximum atomic E-state index is 12.0. The lowest BCUT2D eigenvalue weighted by Gasteiger charge is -2.22. The number of alkyl carbamates (subject to hydrolysis) is 1. The van der Waals surface area contributed by atoms with Crippen molar-refractivity contribution in [2.24, 2.45) is 34.4 Å². The molecule has 13 rings (SSSR count). The highest BCUT2D eigenvalue weighted by Crippen LogP contribution is 2.27. The van der Waals surface area contributed by atoms with Crippen LogP contribution in [0, 0.1) is 24.2 Å². The first kappa shape index (κ1) is 124. The number of benzene rings is 8. The van der Waals surface area contributed by atoms with E-state index < -0.39 is 17.6 Å². The zero-order valence-corrected chi connectivity index (χ0v) is 82.4. The molecule has 2 atom stereocenters. The van der Waals surface area contributed by atoms with E-state index >= 15 is 0 Å². The van der Waals surface area contributed by atoms with E-state index in [1.165, 1.54) is 24.2 Å². The minimum absolute atomic E-state index is 0. The van der Waals surface area contributed by atoms with Crippen molar-refractivity contribution >= 4 is 146 Å². The molecule has 5 aromatic heterocycles. The molecule has 8 aromatic carbocycles. The molecule has 0 aliphatic rings. The third kappa shape index (κ3) is 46.0. The Morgan fingerprint density at radius 1 is 0.376 bits per heavy atom. The summed E-state index contributed by atoms with van der Waals surface area (Å²) in [6.07, 6.45) is 18.5. The molecule has 2 unspecified atom stereocenters. The highest BCUT2D eigenvalue weighted by Gasteiger charge is 2.21. The van der Waals surface area contributed by atoms with Gasteiger partial charge in [0.25, 0.3) is 0 Å². The second-order valence-corrected chi connectivity index (χ2v) is 35.2. The Kier molecular flexibility index (Phi) is 56.3. The van der Waals surface area contributed by atoms with Crippen LogP contribution in [-0.2, 0) is 112 Å². The second kappa shape index (κ2) is 63.9. The number of hydrogen-bond acceptors (Lipinski definition) is 19. The van der Waals surface area contributed by atoms with Crippen molar-refractivity contribution in [3.63, 3.8) is 0 Å². The maximum Gasteiger partial charge on any atom is 0.408 e. The Balaban J connectivity index is 0.000000579. The highest BCUT2D eigenvalue weighted by atomic mass is 35.5. The molecule has 141 heavy (non-hydrogen) atoms. The topological polar surface area (TPSA) is 435 Å². The van der Waals surface area contributed by atoms with Gasteiger partial charge in [0.1, 0.15) is 22.9 Å². The van der Waals surface area contributed by atoms with E-state index in [1.54, 1.807) is 36.7 Å². The number of aryl methyl sites for hydroxylation is 6. The Morgan fingerprint density at radius 2 is 0.702 bits per heavy atom. The van der Waals surface area contributed by atoms with Crippen LogP contribution in [-0.4, -0.2) is 91.1 Å². The van der Waals surface area contributed by atoms with E-state index in [9.17, 15) is 28.8 Å². The normalized spacial score (nSPS) is 10.5. The Labute approximate surface area is 873 Å². The number of nitrogens with zero attached hydrogens (tertiary/aromatic N) is 10. The van der Waals surface area contributed by atoms with Crippen LogP contribution < -0.4 is 45.5 Å². The van der Waals surface area contributed by atoms with E-state index in [4.69, 9.17) is 161 Å². The van der Waals surface area contributed by atoms with Crippen molar-refractivity contribution in [1.29, 1.82) is 0 Å². The van der Waals surface area contributed by atoms with Crippen LogP contribution in [0.3, 0.4) is 0 Å². The molecule has 0 aliphatic carbocycles. The lowest BCUT2D eigenvalue weighted by atomic mass is 9.99. The summed E-state index contributed by atoms with van der Waals surface area (Å²) in [4.78, 5) is 108. The molecule has 746 valence electrons. The minimum atomic E-state index is -0.544. The number of carbonyl (C=O) groups excluding carboxylic acids is 6. The summed E-state index contributed by atoms with van der Waals surface area (Å²) >= 11 is 52.4. The van der Waals surface area contributed by atoms with Gasteiger partial charge in [-0.05, 0) is 216 Å². The first-order chi connectivity index (χ1) is 64.7. The van der Waals surface area contributed by atoms with Crippen molar-refractivity contribution in [1.82, 2.24) is 55.2 Å². The average Bonchev–Trinajstić information content (AvgIpc) is 0.849. The van der Waals surface area contributed by atoms with Crippen molar-refractivity contribution in [3.05, 3.63) is 389 Å². The molecule has 0 saturated heterocycles. The SMILES string of the molecule is C.C.C.C.C.C#Cc1ccccc1CC(N)=O.CC(C)c1ccc(N)cc1.CC(N)c1ccc(Cc2ncc(Cl)c(CCc3ccccc3CC(N)=O)n2)cc1.CC(NC(=O)OC(C)(C)C)c1ccc(Cc2ncc(Cl)c(CCc3ccccc3CC(N)=O)n2)cc1.Clc1ncc(Cl)c(Cl)n1.NC(=O)Cc1ccccc1C#Cc1nc(Cl)ncc1Cl.NC(=O)Cc1ccccc1CCc1nc(Cl)ncc1Cl. The molecular formula is C107H123Cl9N18O7. The molecule has 0 radical (unpaired) electrons. The molecule has 0 spiro atoms. The predicted molar refractivity (Wildman–Crippen MR) is 576 cm³/mol. The van der Waals surface area contributed by atoms with E-state index in [0.29, 0.717) is 98.8 Å². The van der Waals surface area contributed by atoms with Crippen LogP contribution in [0.4, 0.5) is 10.5 Å². The summed E-state index contributed by atoms with van der Waals surface area (Å²) in [5, 5.41) is 5.55. The van der Waals surface area contributed by atoms with Crippen molar-refractivity contribution < 1.29 is 33.5 Å². The van der Waals surface area contributed by atoms with Gasteiger partial charge in [-0.3, -0.25) is 24.0 Å². The molecule has 0 aliphatic heterocycles. The number of nitrogens with two attached hydrogens (primary N) is 7. The fourth-order valence-electron chi connectivity index (χ4n) is 12.8. The standard InChI is InChI=1S/C28H33ClN4O3.C23H25ClN4O.C14H13Cl2N3O.C14H9Cl2N3O.C10H9NO.C9H13N.C4HCl3N2.5CH4/c1-18(32-27(35)36-28(2,3)4)20-11-9-19(10-12-20)15-26-31-17-23(29)24(33-26)14-13-21-7-5-6-8-22(21)16-25(30)34;1-15(25)17-8-6-16(7-9-17)12-23-27-14-20(24)21(28-23)11-10-18-4-2-3-5-19(18)13-22(26)29;2*15-11-8-18-14(16)19-12(11)6-5-9-3-1-2-4-10(9)7-13(17)20;1-2-8-5-3-4-6-9(8)7-10(11)12;1-7(2)8-3-5-9(10)6-4-8;5-2-1-8-4(7)9-3(2)6;;;;;/h5-12,17-18H,13-16H2,1-4H3,(H2,30,34)(H,32,35);2-9,14-15H,10-13,25H2,1H3,(H2,26,29);1-4,8H,5-7H2,(H2,17,20);1-4,8H,7H2,(H2,17,20);1,3-6H,7H2,(H2,11,12);3-7H,10H2,1-2H3;1H;5*1H4. The molecule has 25 nitrogen and oxygen atoms in total. The Morgan fingerprint density at radius 3 is 1.08 bits per heavy atom. The summed E-state index contributed by atoms with van der Waals surface area (Å²) in [7, 11) is 0. The van der Waals surface area contributed by atoms with Crippen LogP contribution in [0.1, 0.15) is 221 Å². The number of anilines is 1. The van der Waals surface area contributed by atoms with Gasteiger partial charge in [-0.1, -0.05) is 302 Å². The Bertz CT molecular complexity index is 6320. The lowest BCUT2D eigenvalue weighted by molar-refractivity contribution is -0.118. The number of rotatable bonds is 27. The number of halogens is 9. The largest absolute Gasteiger partial charge is 0.444 e. The molecule has 34 heteroatoms. The lowest BCUT2D eigenvalue weighted by Crippen LogP contribution is -2.34. The van der Waals surface area contributed by atoms with Crippen LogP contribution >= 0.6 is 104 Å². The van der Waals surface area contributed by atoms with E-state index in [2.05, 4.69) is 106 Å². The van der Waals surface area contributed by atoms with Gasteiger partial charge < -0.3 is 50.2 Å². The van der Waals surface area contributed by atoms with Gasteiger partial charge >= 0.3 is 6.09 Å². The molecule has 0 fully saturated rings. The highest BCUT2D eigenvalue weighted by molar-refractivity contribution is 6.41. The summed E-state index contributed by atoms with van der Waals surface area (Å²) in [5.41, 5.74) is 55.1. The molecule has 0 saturated carbocycles. The van der Waals surface area contributed by atoms with Crippen LogP contribution in [0.2, 0.25) is 46.1 Å². The number of primary amides is 5. The monoisotopic (exact) mass is 2090 g/mol. The molecule has 13 aromatic rings. The summed E-state index contributed by atoms with van der Waals surface area (Å²) in [6, 6.07) is 61.7. The molecular weight excluding hydrogens is 1970 g/mol. The van der Waals surface area contributed by atoms with Gasteiger partial charge in [-0.25, -0.2) is 54.6 Å². The quantitative estimate of drug-likeness (QED) is 0.0103. The first-order valence-corrected chi connectivity index (χ1v) is 45.8. The number of nitrogen functional groups attached to an aromatic ring is 1. The number of amides is 6. The van der Waals surface area contributed by atoms with Gasteiger partial charge in [0.15, 0.2) is 5.15 Å². The predicted octanol–water partition coefficient (Wildman–Crippen LogP) is 22.2. The maximum absolute atomic E-state index is 12.0. The summed E-state index contributed by atoms with van der Waals surface area (Å²) < 4.78 is 5.33. The fraction of sp³-hybridized carbons (Fsp3) is 0.271. The zero-order chi connectivity index (χ0) is 99.6. The van der Waals surface area contributed by atoms with Crippen LogP contribution in [0.5, 0.6) is 0 Å². The van der Waals surface area contributed by atoms with Gasteiger partial charge in [0.05, 0.1) is 98.9 Å². The number of hydrogen-bond donors (Lipinski definition) is 8. The average molecular weight is 2090 g/mol. The van der Waals surface area contributed by atoms with E-state index in [-0.39, 0.29) is 126 Å². The molecule has 5 heterocycles. The van der Waals surface area contributed by atoms with Gasteiger partial charge in [0.2, 0.25) is 45.4 Å². The van der Waals surface area contributed by atoms with Crippen molar-refractivity contribution in [3.8, 4) is 24.2 Å². The van der Waals surface area contributed by atoms with Crippen LogP contribution in [0.25, 0.3) is 0 Å². The Hall–Kier alpha value is -12.7. The van der Waals surface area contributed by atoms with E-state index in [0.717, 1.165) is 102 Å². The molecule has 0 bridgehead atoms. The zero-order valence-electron chi connectivity index (χ0n) is 75.6. The van der Waals surface area contributed by atoms with Gasteiger partial charge in [-0.15, -0.1) is 6.42 Å². The summed E-state index contributed by atoms with van der Waals surface area (Å²) in [5.74, 6) is 8.40. The number of terminal acetylenes is 1. The van der Waals surface area contributed by atoms with E-state index in [1.807, 2.05) is 180 Å². The van der Waals surface area contributed by atoms with Gasteiger partial charge in [0, 0.05) is 48.1 Å². The third-order valence-electron chi connectivity index (χ3n) is 19.5. The smallest absolute Gasteiger partial charge is 0.408 e. The third-order valence-corrected chi connectivity index (χ3v) is 22.0. The number of carbonyl (C=O) groups is 6. The van der Waals surface area contributed by atoms with Crippen molar-refractivity contribution in [2.75, 3.05) is 5.73 Å². The summed E-state index contributed by atoms with van der Waals surface area (Å²) in [6.45, 7) is 13.7. The fourth-order valence-corrected chi connectivity index (χ4v) is 14.1. The number of nitrogens with one attached hydrogen (secondary N) is 1. The van der Waals surface area contributed by atoms with Crippen molar-refractivity contribution in [2.45, 2.75) is 193 Å².